The lowest BCUT2D eigenvalue weighted by molar-refractivity contribution is 0.177. The first-order chi connectivity index (χ1) is 7.72. The van der Waals surface area contributed by atoms with Gasteiger partial charge in [-0.25, -0.2) is 0 Å². The molecule has 5 heteroatoms. The molecule has 1 saturated heterocycles. The minimum atomic E-state index is 0.267. The quantitative estimate of drug-likeness (QED) is 0.907. The Labute approximate surface area is 110 Å². The molecule has 2 unspecified atom stereocenters. The van der Waals surface area contributed by atoms with Crippen LogP contribution < -0.4 is 5.32 Å². The van der Waals surface area contributed by atoms with Crippen LogP contribution in [0.4, 0.5) is 0 Å². The van der Waals surface area contributed by atoms with E-state index in [-0.39, 0.29) is 6.04 Å². The number of nitrogens with one attached hydrogen (secondary N) is 1. The second kappa shape index (κ2) is 5.69. The van der Waals surface area contributed by atoms with Crippen LogP contribution >= 0.6 is 34.5 Å². The molecule has 1 aromatic heterocycles. The zero-order chi connectivity index (χ0) is 11.5. The molecule has 1 aromatic rings. The van der Waals surface area contributed by atoms with Crippen molar-refractivity contribution in [3.05, 3.63) is 20.3 Å². The van der Waals surface area contributed by atoms with Gasteiger partial charge in [0, 0.05) is 24.1 Å². The normalized spacial score (nSPS) is 22.6. The van der Waals surface area contributed by atoms with Gasteiger partial charge in [-0.2, -0.15) is 0 Å². The molecule has 0 amide bonds. The summed E-state index contributed by atoms with van der Waals surface area (Å²) in [7, 11) is 0. The fourth-order valence-corrected chi connectivity index (χ4v) is 3.68. The Balaban J connectivity index is 2.20. The Morgan fingerprint density at radius 1 is 1.62 bits per heavy atom. The Bertz CT molecular complexity index is 350. The first-order valence-electron chi connectivity index (χ1n) is 5.48. The molecule has 2 nitrogen and oxygen atoms in total. The fraction of sp³-hybridized carbons (Fsp3) is 0.636. The lowest BCUT2D eigenvalue weighted by Gasteiger charge is -2.22. The summed E-state index contributed by atoms with van der Waals surface area (Å²) < 4.78 is 6.99. The second-order valence-electron chi connectivity index (χ2n) is 3.94. The summed E-state index contributed by atoms with van der Waals surface area (Å²) in [4.78, 5) is 0. The van der Waals surface area contributed by atoms with E-state index in [1.54, 1.807) is 0 Å². The second-order valence-corrected chi connectivity index (χ2v) is 6.22. The van der Waals surface area contributed by atoms with Crippen LogP contribution in [0.15, 0.2) is 6.07 Å². The molecule has 0 saturated carbocycles. The molecule has 1 aliphatic heterocycles. The number of rotatable bonds is 4. The molecule has 16 heavy (non-hydrogen) atoms. The molecule has 1 aliphatic rings. The third-order valence-corrected chi connectivity index (χ3v) is 4.40. The van der Waals surface area contributed by atoms with Crippen LogP contribution in [0.2, 0.25) is 8.67 Å². The maximum Gasteiger partial charge on any atom is 0.0992 e. The SMILES string of the molecule is CCNC(c1cc(Cl)sc1Cl)C1CCOC1. The van der Waals surface area contributed by atoms with Gasteiger partial charge in [0.15, 0.2) is 0 Å². The van der Waals surface area contributed by atoms with Gasteiger partial charge in [0.1, 0.15) is 0 Å². The van der Waals surface area contributed by atoms with E-state index >= 15 is 0 Å². The molecule has 0 aliphatic carbocycles. The van der Waals surface area contributed by atoms with E-state index < -0.39 is 0 Å². The zero-order valence-corrected chi connectivity index (χ0v) is 11.5. The summed E-state index contributed by atoms with van der Waals surface area (Å²) in [6.45, 7) is 4.68. The Kier molecular flexibility index (Phi) is 4.50. The molecular weight excluding hydrogens is 265 g/mol. The smallest absolute Gasteiger partial charge is 0.0992 e. The number of hydrogen-bond donors (Lipinski definition) is 1. The highest BCUT2D eigenvalue weighted by atomic mass is 35.5. The minimum Gasteiger partial charge on any atom is -0.381 e. The van der Waals surface area contributed by atoms with Crippen molar-refractivity contribution < 1.29 is 4.74 Å². The van der Waals surface area contributed by atoms with Gasteiger partial charge in [-0.3, -0.25) is 0 Å². The van der Waals surface area contributed by atoms with E-state index in [1.807, 2.05) is 6.07 Å². The van der Waals surface area contributed by atoms with E-state index in [4.69, 9.17) is 27.9 Å². The summed E-state index contributed by atoms with van der Waals surface area (Å²) in [5.41, 5.74) is 1.12. The molecule has 0 aromatic carbocycles. The van der Waals surface area contributed by atoms with Crippen molar-refractivity contribution in [2.45, 2.75) is 19.4 Å². The van der Waals surface area contributed by atoms with Crippen molar-refractivity contribution in [3.63, 3.8) is 0 Å². The first kappa shape index (κ1) is 12.7. The van der Waals surface area contributed by atoms with E-state index in [9.17, 15) is 0 Å². The van der Waals surface area contributed by atoms with Crippen LogP contribution in [-0.2, 0) is 4.74 Å². The maximum atomic E-state index is 6.21. The van der Waals surface area contributed by atoms with Crippen LogP contribution in [0.1, 0.15) is 24.9 Å². The molecule has 0 spiro atoms. The van der Waals surface area contributed by atoms with E-state index in [0.717, 1.165) is 40.4 Å². The lowest BCUT2D eigenvalue weighted by Crippen LogP contribution is -2.28. The fourth-order valence-electron chi connectivity index (χ4n) is 2.13. The average molecular weight is 280 g/mol. The van der Waals surface area contributed by atoms with Gasteiger partial charge in [0.25, 0.3) is 0 Å². The van der Waals surface area contributed by atoms with Gasteiger partial charge < -0.3 is 10.1 Å². The van der Waals surface area contributed by atoms with Crippen molar-refractivity contribution in [1.82, 2.24) is 5.32 Å². The van der Waals surface area contributed by atoms with Gasteiger partial charge in [-0.05, 0) is 19.0 Å². The standard InChI is InChI=1S/C11H15Cl2NOS/c1-2-14-10(7-3-4-15-6-7)8-5-9(12)16-11(8)13/h5,7,10,14H,2-4,6H2,1H3. The Hall–Kier alpha value is 0.200. The Morgan fingerprint density at radius 3 is 2.94 bits per heavy atom. The van der Waals surface area contributed by atoms with Gasteiger partial charge in [0.2, 0.25) is 0 Å². The van der Waals surface area contributed by atoms with Gasteiger partial charge in [-0.1, -0.05) is 30.1 Å². The average Bonchev–Trinajstić information content (AvgIpc) is 2.85. The number of ether oxygens (including phenoxy) is 1. The molecule has 0 radical (unpaired) electrons. The largest absolute Gasteiger partial charge is 0.381 e. The molecule has 2 heterocycles. The zero-order valence-electron chi connectivity index (χ0n) is 9.13. The van der Waals surface area contributed by atoms with Gasteiger partial charge >= 0.3 is 0 Å². The van der Waals surface area contributed by atoms with Crippen molar-refractivity contribution in [2.75, 3.05) is 19.8 Å². The van der Waals surface area contributed by atoms with Crippen molar-refractivity contribution >= 4 is 34.5 Å². The molecule has 2 atom stereocenters. The van der Waals surface area contributed by atoms with Crippen molar-refractivity contribution in [2.24, 2.45) is 5.92 Å². The molecule has 1 N–H and O–H groups in total. The lowest BCUT2D eigenvalue weighted by atomic mass is 9.94. The Morgan fingerprint density at radius 2 is 2.44 bits per heavy atom. The summed E-state index contributed by atoms with van der Waals surface area (Å²) in [5.74, 6) is 0.503. The van der Waals surface area contributed by atoms with Crippen LogP contribution in [0, 0.1) is 5.92 Å². The van der Waals surface area contributed by atoms with Crippen molar-refractivity contribution in [1.29, 1.82) is 0 Å². The monoisotopic (exact) mass is 279 g/mol. The third-order valence-electron chi connectivity index (χ3n) is 2.88. The van der Waals surface area contributed by atoms with Crippen LogP contribution in [-0.4, -0.2) is 19.8 Å². The molecular formula is C11H15Cl2NOS. The predicted octanol–water partition coefficient (Wildman–Crippen LogP) is 3.74. The van der Waals surface area contributed by atoms with Gasteiger partial charge in [0.05, 0.1) is 15.3 Å². The minimum absolute atomic E-state index is 0.267. The third kappa shape index (κ3) is 2.71. The molecule has 0 bridgehead atoms. The molecule has 2 rings (SSSR count). The maximum absolute atomic E-state index is 6.21. The summed E-state index contributed by atoms with van der Waals surface area (Å²) in [5, 5.41) is 3.48. The highest BCUT2D eigenvalue weighted by Gasteiger charge is 2.28. The topological polar surface area (TPSA) is 21.3 Å². The predicted molar refractivity (Wildman–Crippen MR) is 69.7 cm³/mol. The summed E-state index contributed by atoms with van der Waals surface area (Å²) in [6, 6.07) is 2.24. The van der Waals surface area contributed by atoms with E-state index in [0.29, 0.717) is 5.92 Å². The van der Waals surface area contributed by atoms with Crippen LogP contribution in [0.3, 0.4) is 0 Å². The molecule has 1 fully saturated rings. The molecule has 90 valence electrons. The van der Waals surface area contributed by atoms with E-state index in [2.05, 4.69) is 12.2 Å². The van der Waals surface area contributed by atoms with Gasteiger partial charge in [-0.15, -0.1) is 11.3 Å². The summed E-state index contributed by atoms with van der Waals surface area (Å²) >= 11 is 13.6. The highest BCUT2D eigenvalue weighted by Crippen LogP contribution is 2.39. The van der Waals surface area contributed by atoms with Crippen LogP contribution in [0.5, 0.6) is 0 Å². The van der Waals surface area contributed by atoms with Crippen molar-refractivity contribution in [3.8, 4) is 0 Å². The van der Waals surface area contributed by atoms with E-state index in [1.165, 1.54) is 11.3 Å². The number of halogens is 2. The highest BCUT2D eigenvalue weighted by molar-refractivity contribution is 7.20. The number of thiophene rings is 1. The first-order valence-corrected chi connectivity index (χ1v) is 7.05. The summed E-state index contributed by atoms with van der Waals surface area (Å²) in [6.07, 6.45) is 1.08. The van der Waals surface area contributed by atoms with Crippen LogP contribution in [0.25, 0.3) is 0 Å². The number of hydrogen-bond acceptors (Lipinski definition) is 3.